The van der Waals surface area contributed by atoms with Gasteiger partial charge in [-0.05, 0) is 81.8 Å². The van der Waals surface area contributed by atoms with Gasteiger partial charge in [0.05, 0.1) is 5.41 Å². The van der Waals surface area contributed by atoms with Crippen molar-refractivity contribution >= 4 is 29.1 Å². The van der Waals surface area contributed by atoms with Crippen molar-refractivity contribution in [3.8, 4) is 0 Å². The minimum absolute atomic E-state index is 0.0364. The number of nitrogens with zero attached hydrogens (tertiary/aromatic N) is 3. The van der Waals surface area contributed by atoms with Crippen LogP contribution in [0.25, 0.3) is 0 Å². The van der Waals surface area contributed by atoms with E-state index in [1.807, 2.05) is 6.07 Å². The van der Waals surface area contributed by atoms with Gasteiger partial charge in [0.25, 0.3) is 0 Å². The molecule has 2 atom stereocenters. The Morgan fingerprint density at radius 2 is 1.85 bits per heavy atom. The van der Waals surface area contributed by atoms with Crippen molar-refractivity contribution in [1.82, 2.24) is 15.5 Å². The molecule has 3 saturated heterocycles. The number of benzene rings is 1. The second-order valence-electron chi connectivity index (χ2n) is 10.9. The summed E-state index contributed by atoms with van der Waals surface area (Å²) in [7, 11) is 0. The Morgan fingerprint density at radius 3 is 2.56 bits per heavy atom. The van der Waals surface area contributed by atoms with Crippen LogP contribution in [0.3, 0.4) is 0 Å². The van der Waals surface area contributed by atoms with E-state index < -0.39 is 11.5 Å². The van der Waals surface area contributed by atoms with E-state index in [0.717, 1.165) is 62.7 Å². The number of fused-ring (bicyclic) bond motifs is 2. The first-order valence-electron chi connectivity index (χ1n) is 13.0. The van der Waals surface area contributed by atoms with Crippen molar-refractivity contribution in [2.45, 2.75) is 62.9 Å². The highest BCUT2D eigenvalue weighted by molar-refractivity contribution is 6.15. The number of carbonyl (C=O) groups excluding carboxylic acids is 3. The average molecular weight is 466 g/mol. The number of nitrogens with one attached hydrogen (secondary N) is 2. The molecule has 1 unspecified atom stereocenters. The smallest absolute Gasteiger partial charge is 0.249 e. The zero-order valence-corrected chi connectivity index (χ0v) is 20.0. The highest BCUT2D eigenvalue weighted by Gasteiger charge is 2.61. The van der Waals surface area contributed by atoms with Crippen molar-refractivity contribution in [3.05, 3.63) is 23.8 Å². The van der Waals surface area contributed by atoms with E-state index in [-0.39, 0.29) is 24.1 Å². The lowest BCUT2D eigenvalue weighted by atomic mass is 9.95. The Labute approximate surface area is 201 Å². The van der Waals surface area contributed by atoms with E-state index in [4.69, 9.17) is 0 Å². The fourth-order valence-corrected chi connectivity index (χ4v) is 6.51. The van der Waals surface area contributed by atoms with Crippen LogP contribution in [0.1, 0.15) is 51.0 Å². The molecule has 6 rings (SSSR count). The molecular weight excluding hydrogens is 430 g/mol. The molecule has 8 nitrogen and oxygen atoms in total. The molecule has 8 heteroatoms. The highest BCUT2D eigenvalue weighted by Crippen LogP contribution is 2.58. The van der Waals surface area contributed by atoms with E-state index in [9.17, 15) is 14.4 Å². The molecule has 5 aliphatic rings. The van der Waals surface area contributed by atoms with Crippen molar-refractivity contribution in [3.63, 3.8) is 0 Å². The number of anilines is 2. The SMILES string of the molecule is C[C@@H]1CN(c2ccc3c(c2)C2(CC2)C(=O)N3C2CCC(=O)NC2=O)CCN1CC1CCNCC1. The maximum atomic E-state index is 13.5. The van der Waals surface area contributed by atoms with Gasteiger partial charge in [-0.2, -0.15) is 0 Å². The molecule has 2 N–H and O–H groups in total. The molecule has 0 radical (unpaired) electrons. The first-order chi connectivity index (χ1) is 16.5. The van der Waals surface area contributed by atoms with Gasteiger partial charge >= 0.3 is 0 Å². The molecular formula is C26H35N5O3. The van der Waals surface area contributed by atoms with Gasteiger partial charge in [0.2, 0.25) is 17.7 Å². The van der Waals surface area contributed by atoms with E-state index in [2.05, 4.69) is 39.5 Å². The summed E-state index contributed by atoms with van der Waals surface area (Å²) >= 11 is 0. The van der Waals surface area contributed by atoms with Gasteiger partial charge in [-0.25, -0.2) is 0 Å². The Kier molecular flexibility index (Phi) is 5.41. The Bertz CT molecular complexity index is 1020. The Morgan fingerprint density at radius 1 is 1.06 bits per heavy atom. The van der Waals surface area contributed by atoms with Crippen LogP contribution in [0, 0.1) is 5.92 Å². The molecule has 4 heterocycles. The predicted molar refractivity (Wildman–Crippen MR) is 130 cm³/mol. The molecule has 1 aromatic carbocycles. The van der Waals surface area contributed by atoms with E-state index >= 15 is 0 Å². The number of piperazine rings is 1. The summed E-state index contributed by atoms with van der Waals surface area (Å²) in [6.45, 7) is 8.85. The maximum absolute atomic E-state index is 13.5. The molecule has 1 aliphatic carbocycles. The number of imide groups is 1. The molecule has 1 spiro atoms. The van der Waals surface area contributed by atoms with E-state index in [0.29, 0.717) is 12.5 Å². The van der Waals surface area contributed by atoms with Crippen LogP contribution in [0.2, 0.25) is 0 Å². The molecule has 0 aromatic heterocycles. The number of rotatable bonds is 4. The van der Waals surface area contributed by atoms with Crippen molar-refractivity contribution in [2.24, 2.45) is 5.92 Å². The number of piperidine rings is 2. The van der Waals surface area contributed by atoms with Gasteiger partial charge in [0.15, 0.2) is 0 Å². The lowest BCUT2D eigenvalue weighted by molar-refractivity contribution is -0.135. The molecule has 1 saturated carbocycles. The minimum atomic E-state index is -0.590. The summed E-state index contributed by atoms with van der Waals surface area (Å²) in [5, 5.41) is 5.88. The number of carbonyl (C=O) groups is 3. The van der Waals surface area contributed by atoms with Gasteiger partial charge in [-0.3, -0.25) is 29.5 Å². The molecule has 4 fully saturated rings. The van der Waals surface area contributed by atoms with Gasteiger partial charge in [0.1, 0.15) is 6.04 Å². The summed E-state index contributed by atoms with van der Waals surface area (Å²) < 4.78 is 0. The summed E-state index contributed by atoms with van der Waals surface area (Å²) in [5.41, 5.74) is 2.65. The van der Waals surface area contributed by atoms with Gasteiger partial charge in [-0.15, -0.1) is 0 Å². The minimum Gasteiger partial charge on any atom is -0.369 e. The van der Waals surface area contributed by atoms with E-state index in [1.165, 1.54) is 25.1 Å². The largest absolute Gasteiger partial charge is 0.369 e. The zero-order valence-electron chi connectivity index (χ0n) is 20.0. The zero-order chi connectivity index (χ0) is 23.4. The molecule has 0 bridgehead atoms. The summed E-state index contributed by atoms with van der Waals surface area (Å²) in [6.07, 6.45) is 4.90. The quantitative estimate of drug-likeness (QED) is 0.654. The second-order valence-corrected chi connectivity index (χ2v) is 10.9. The summed E-state index contributed by atoms with van der Waals surface area (Å²) in [4.78, 5) is 44.5. The van der Waals surface area contributed by atoms with Crippen LogP contribution in [0.4, 0.5) is 11.4 Å². The standard InChI is InChI=1S/C26H35N5O3/c1-17-15-30(13-12-29(17)16-18-6-10-27-11-7-18)19-2-3-21-20(14-19)26(8-9-26)25(34)31(21)22-4-5-23(32)28-24(22)33/h2-3,14,17-18,22,27H,4-13,15-16H2,1H3,(H,28,32,33)/t17-,22?/m1/s1. The monoisotopic (exact) mass is 465 g/mol. The van der Waals surface area contributed by atoms with Crippen LogP contribution in [0.15, 0.2) is 18.2 Å². The number of amides is 3. The molecule has 34 heavy (non-hydrogen) atoms. The van der Waals surface area contributed by atoms with Crippen LogP contribution in [0.5, 0.6) is 0 Å². The molecule has 3 amide bonds. The lowest BCUT2D eigenvalue weighted by Crippen LogP contribution is -2.54. The summed E-state index contributed by atoms with van der Waals surface area (Å²) in [5.74, 6) is 0.234. The predicted octanol–water partition coefficient (Wildman–Crippen LogP) is 1.38. The van der Waals surface area contributed by atoms with Gasteiger partial charge in [0, 0.05) is 50.0 Å². The van der Waals surface area contributed by atoms with Crippen molar-refractivity contribution in [2.75, 3.05) is 49.1 Å². The third kappa shape index (κ3) is 3.62. The molecule has 182 valence electrons. The number of hydrogen-bond acceptors (Lipinski definition) is 6. The normalized spacial score (nSPS) is 29.5. The van der Waals surface area contributed by atoms with Gasteiger partial charge < -0.3 is 10.2 Å². The fourth-order valence-electron chi connectivity index (χ4n) is 6.51. The molecule has 1 aromatic rings. The third-order valence-electron chi connectivity index (χ3n) is 8.74. The average Bonchev–Trinajstić information content (AvgIpc) is 3.60. The highest BCUT2D eigenvalue weighted by atomic mass is 16.2. The first-order valence-corrected chi connectivity index (χ1v) is 13.0. The van der Waals surface area contributed by atoms with Crippen LogP contribution in [-0.2, 0) is 19.8 Å². The topological polar surface area (TPSA) is 85.0 Å². The summed E-state index contributed by atoms with van der Waals surface area (Å²) in [6, 6.07) is 6.26. The van der Waals surface area contributed by atoms with Gasteiger partial charge in [-0.1, -0.05) is 0 Å². The second kappa shape index (κ2) is 8.34. The van der Waals surface area contributed by atoms with Crippen LogP contribution in [-0.4, -0.2) is 74.0 Å². The first kappa shape index (κ1) is 22.0. The lowest BCUT2D eigenvalue weighted by Gasteiger charge is -2.43. The fraction of sp³-hybridized carbons (Fsp3) is 0.654. The van der Waals surface area contributed by atoms with Crippen LogP contribution < -0.4 is 20.4 Å². The maximum Gasteiger partial charge on any atom is 0.249 e. The molecule has 4 aliphatic heterocycles. The van der Waals surface area contributed by atoms with E-state index in [1.54, 1.807) is 4.90 Å². The van der Waals surface area contributed by atoms with Crippen molar-refractivity contribution < 1.29 is 14.4 Å². The Hall–Kier alpha value is -2.45. The Balaban J connectivity index is 1.20. The van der Waals surface area contributed by atoms with Crippen molar-refractivity contribution in [1.29, 1.82) is 0 Å². The third-order valence-corrected chi connectivity index (χ3v) is 8.74. The number of hydrogen-bond donors (Lipinski definition) is 2. The van der Waals surface area contributed by atoms with Crippen LogP contribution >= 0.6 is 0 Å².